The van der Waals surface area contributed by atoms with Crippen molar-refractivity contribution < 1.29 is 9.53 Å². The summed E-state index contributed by atoms with van der Waals surface area (Å²) in [6, 6.07) is 9.90. The number of carbonyl (C=O) groups excluding carboxylic acids is 1. The molecular weight excluding hydrogens is 436 g/mol. The van der Waals surface area contributed by atoms with Gasteiger partial charge >= 0.3 is 5.97 Å². The first kappa shape index (κ1) is 21.2. The molecule has 0 aliphatic heterocycles. The topological polar surface area (TPSA) is 116 Å². The van der Waals surface area contributed by atoms with Crippen LogP contribution in [0.15, 0.2) is 40.3 Å². The Bertz CT molecular complexity index is 1280. The lowest BCUT2D eigenvalue weighted by molar-refractivity contribution is 0.0531. The molecule has 11 heteroatoms. The number of hydrogen-bond donors (Lipinski definition) is 1. The van der Waals surface area contributed by atoms with Crippen LogP contribution in [0.2, 0.25) is 0 Å². The molecule has 0 saturated carbocycles. The highest BCUT2D eigenvalue weighted by atomic mass is 32.2. The molecule has 31 heavy (non-hydrogen) atoms. The van der Waals surface area contributed by atoms with Gasteiger partial charge in [0.1, 0.15) is 15.5 Å². The van der Waals surface area contributed by atoms with Gasteiger partial charge in [0.2, 0.25) is 5.16 Å². The Labute approximate surface area is 185 Å². The molecule has 0 spiro atoms. The molecule has 4 aromatic rings. The first-order chi connectivity index (χ1) is 15.0. The molecule has 0 bridgehead atoms. The number of aromatic amines is 1. The van der Waals surface area contributed by atoms with Crippen molar-refractivity contribution in [3.63, 3.8) is 0 Å². The van der Waals surface area contributed by atoms with Gasteiger partial charge in [-0.15, -0.1) is 16.4 Å². The summed E-state index contributed by atoms with van der Waals surface area (Å²) in [4.78, 5) is 33.3. The summed E-state index contributed by atoms with van der Waals surface area (Å²) < 4.78 is 6.80. The van der Waals surface area contributed by atoms with Crippen molar-refractivity contribution in [1.29, 1.82) is 0 Å². The van der Waals surface area contributed by atoms with Gasteiger partial charge in [0.25, 0.3) is 5.56 Å². The number of thiophene rings is 1. The Kier molecular flexibility index (Phi) is 6.14. The second kappa shape index (κ2) is 8.98. The van der Waals surface area contributed by atoms with E-state index in [0.717, 1.165) is 5.56 Å². The number of carbonyl (C=O) groups is 1. The van der Waals surface area contributed by atoms with Gasteiger partial charge in [-0.3, -0.25) is 4.79 Å². The molecule has 0 saturated heterocycles. The number of rotatable bonds is 7. The number of aromatic nitrogens is 6. The van der Waals surface area contributed by atoms with Crippen molar-refractivity contribution in [3.8, 4) is 0 Å². The first-order valence-electron chi connectivity index (χ1n) is 9.65. The molecule has 1 N–H and O–H groups in total. The van der Waals surface area contributed by atoms with E-state index >= 15 is 0 Å². The van der Waals surface area contributed by atoms with Crippen molar-refractivity contribution >= 4 is 39.3 Å². The summed E-state index contributed by atoms with van der Waals surface area (Å²) in [5.74, 6) is 0.0554. The number of fused-ring (bicyclic) bond motifs is 1. The molecule has 9 nitrogen and oxygen atoms in total. The van der Waals surface area contributed by atoms with Crippen molar-refractivity contribution in [3.05, 3.63) is 62.5 Å². The minimum Gasteiger partial charge on any atom is -0.462 e. The van der Waals surface area contributed by atoms with E-state index in [1.54, 1.807) is 18.5 Å². The molecule has 1 atom stereocenters. The number of aryl methyl sites for hydroxylation is 1. The maximum absolute atomic E-state index is 12.7. The summed E-state index contributed by atoms with van der Waals surface area (Å²) >= 11 is 2.57. The molecular formula is C20H20N6O3S2. The van der Waals surface area contributed by atoms with Crippen LogP contribution in [0.4, 0.5) is 0 Å². The number of hydrogen-bond acceptors (Lipinski definition) is 9. The number of benzene rings is 1. The number of nitrogens with one attached hydrogen (secondary N) is 1. The average molecular weight is 457 g/mol. The lowest BCUT2D eigenvalue weighted by Crippen LogP contribution is -2.13. The third-order valence-corrected chi connectivity index (χ3v) is 6.87. The van der Waals surface area contributed by atoms with E-state index in [-0.39, 0.29) is 17.4 Å². The first-order valence-corrected chi connectivity index (χ1v) is 11.3. The summed E-state index contributed by atoms with van der Waals surface area (Å²) in [5, 5.41) is 12.8. The number of esters is 1. The Morgan fingerprint density at radius 1 is 1.32 bits per heavy atom. The van der Waals surface area contributed by atoms with Crippen LogP contribution in [0, 0.1) is 6.92 Å². The number of thioether (sulfide) groups is 1. The van der Waals surface area contributed by atoms with E-state index in [0.29, 0.717) is 38.2 Å². The fourth-order valence-electron chi connectivity index (χ4n) is 3.09. The second-order valence-electron chi connectivity index (χ2n) is 6.77. The van der Waals surface area contributed by atoms with Gasteiger partial charge in [-0.2, -0.15) is 0 Å². The molecule has 0 aliphatic rings. The van der Waals surface area contributed by atoms with Gasteiger partial charge in [0.15, 0.2) is 0 Å². The summed E-state index contributed by atoms with van der Waals surface area (Å²) in [6.07, 6.45) is 0. The zero-order valence-electron chi connectivity index (χ0n) is 17.2. The van der Waals surface area contributed by atoms with Crippen molar-refractivity contribution in [1.82, 2.24) is 30.2 Å². The van der Waals surface area contributed by atoms with Crippen LogP contribution in [0.1, 0.15) is 45.7 Å². The summed E-state index contributed by atoms with van der Waals surface area (Å²) in [7, 11) is 0. The fourth-order valence-corrected chi connectivity index (χ4v) is 5.02. The lowest BCUT2D eigenvalue weighted by atomic mass is 10.2. The average Bonchev–Trinajstić information content (AvgIpc) is 3.33. The molecule has 0 amide bonds. The molecule has 160 valence electrons. The van der Waals surface area contributed by atoms with Gasteiger partial charge in [0.05, 0.1) is 23.8 Å². The SMILES string of the molecule is CCOC(=O)c1sc2nc(C(C)Sc3nnnn3Cc3ccccc3)[nH]c(=O)c2c1C. The molecule has 1 unspecified atom stereocenters. The number of H-pyrrole nitrogens is 1. The van der Waals surface area contributed by atoms with E-state index < -0.39 is 5.97 Å². The largest absolute Gasteiger partial charge is 0.462 e. The quantitative estimate of drug-likeness (QED) is 0.332. The van der Waals surface area contributed by atoms with E-state index in [9.17, 15) is 9.59 Å². The van der Waals surface area contributed by atoms with Gasteiger partial charge in [-0.05, 0) is 42.3 Å². The summed E-state index contributed by atoms with van der Waals surface area (Å²) in [6.45, 7) is 6.21. The standard InChI is InChI=1S/C20H20N6O3S2/c1-4-29-19(28)15-11(2)14-17(27)21-16(22-18(14)31-15)12(3)30-20-23-24-25-26(20)10-13-8-6-5-7-9-13/h5-9,12H,4,10H2,1-3H3,(H,21,22,27). The predicted molar refractivity (Wildman–Crippen MR) is 119 cm³/mol. The van der Waals surface area contributed by atoms with Gasteiger partial charge in [-0.1, -0.05) is 42.1 Å². The maximum atomic E-state index is 12.7. The Balaban J connectivity index is 1.60. The second-order valence-corrected chi connectivity index (χ2v) is 9.08. The molecule has 0 aliphatic carbocycles. The van der Waals surface area contributed by atoms with Crippen LogP contribution in [0.5, 0.6) is 0 Å². The monoisotopic (exact) mass is 456 g/mol. The minimum atomic E-state index is -0.438. The number of nitrogens with zero attached hydrogens (tertiary/aromatic N) is 5. The smallest absolute Gasteiger partial charge is 0.348 e. The molecule has 4 rings (SSSR count). The van der Waals surface area contributed by atoms with Crippen LogP contribution < -0.4 is 5.56 Å². The third-order valence-electron chi connectivity index (χ3n) is 4.62. The zero-order valence-corrected chi connectivity index (χ0v) is 18.8. The van der Waals surface area contributed by atoms with Crippen molar-refractivity contribution in [2.45, 2.75) is 37.7 Å². The predicted octanol–water partition coefficient (Wildman–Crippen LogP) is 3.36. The normalized spacial score (nSPS) is 12.2. The van der Waals surface area contributed by atoms with Crippen LogP contribution in [-0.2, 0) is 11.3 Å². The Morgan fingerprint density at radius 2 is 2.10 bits per heavy atom. The molecule has 0 radical (unpaired) electrons. The fraction of sp³-hybridized carbons (Fsp3) is 0.300. The highest BCUT2D eigenvalue weighted by Crippen LogP contribution is 2.33. The number of tetrazole rings is 1. The number of ether oxygens (including phenoxy) is 1. The summed E-state index contributed by atoms with van der Waals surface area (Å²) in [5.41, 5.74) is 1.39. The highest BCUT2D eigenvalue weighted by Gasteiger charge is 2.22. The highest BCUT2D eigenvalue weighted by molar-refractivity contribution is 7.99. The minimum absolute atomic E-state index is 0.217. The van der Waals surface area contributed by atoms with Gasteiger partial charge in [-0.25, -0.2) is 14.5 Å². The van der Waals surface area contributed by atoms with E-state index in [1.807, 2.05) is 37.3 Å². The molecule has 3 heterocycles. The molecule has 1 aromatic carbocycles. The van der Waals surface area contributed by atoms with E-state index in [1.165, 1.54) is 23.1 Å². The van der Waals surface area contributed by atoms with Crippen LogP contribution >= 0.6 is 23.1 Å². The molecule has 3 aromatic heterocycles. The van der Waals surface area contributed by atoms with Gasteiger partial charge in [0, 0.05) is 0 Å². The van der Waals surface area contributed by atoms with Crippen molar-refractivity contribution in [2.24, 2.45) is 0 Å². The van der Waals surface area contributed by atoms with Crippen LogP contribution in [0.25, 0.3) is 10.2 Å². The van der Waals surface area contributed by atoms with E-state index in [4.69, 9.17) is 4.74 Å². The zero-order chi connectivity index (χ0) is 22.0. The molecule has 0 fully saturated rings. The van der Waals surface area contributed by atoms with Crippen molar-refractivity contribution in [2.75, 3.05) is 6.61 Å². The third kappa shape index (κ3) is 4.37. The van der Waals surface area contributed by atoms with Crippen LogP contribution in [0.3, 0.4) is 0 Å². The van der Waals surface area contributed by atoms with Crippen LogP contribution in [-0.4, -0.2) is 42.8 Å². The van der Waals surface area contributed by atoms with Gasteiger partial charge < -0.3 is 9.72 Å². The Hall–Kier alpha value is -3.05. The maximum Gasteiger partial charge on any atom is 0.348 e. The Morgan fingerprint density at radius 3 is 2.84 bits per heavy atom. The van der Waals surface area contributed by atoms with E-state index in [2.05, 4.69) is 25.5 Å². The lowest BCUT2D eigenvalue weighted by Gasteiger charge is -2.10.